The van der Waals surface area contributed by atoms with E-state index >= 15 is 0 Å². The SMILES string of the molecule is C[C@H](NC(=O)C1(C)COc2c(oc3cc(Br)ccc23)C(=O)N1CC(=O)O)c1ccccc1. The van der Waals surface area contributed by atoms with E-state index in [2.05, 4.69) is 21.2 Å². The van der Waals surface area contributed by atoms with Crippen molar-refractivity contribution in [3.05, 3.63) is 64.3 Å². The Morgan fingerprint density at radius 1 is 1.25 bits per heavy atom. The molecule has 0 saturated carbocycles. The minimum atomic E-state index is -1.58. The quantitative estimate of drug-likeness (QED) is 0.552. The zero-order valence-corrected chi connectivity index (χ0v) is 19.0. The van der Waals surface area contributed by atoms with Gasteiger partial charge in [0.25, 0.3) is 5.91 Å². The molecule has 2 aromatic carbocycles. The first kappa shape index (κ1) is 21.9. The number of carbonyl (C=O) groups excluding carboxylic acids is 2. The van der Waals surface area contributed by atoms with Crippen LogP contribution in [0.2, 0.25) is 0 Å². The van der Waals surface area contributed by atoms with Crippen LogP contribution in [0.15, 0.2) is 57.4 Å². The second-order valence-electron chi connectivity index (χ2n) is 7.85. The van der Waals surface area contributed by atoms with Gasteiger partial charge in [-0.05, 0) is 37.6 Å². The summed E-state index contributed by atoms with van der Waals surface area (Å²) in [6.07, 6.45) is 0. The van der Waals surface area contributed by atoms with Gasteiger partial charge in [0, 0.05) is 4.47 Å². The molecule has 2 N–H and O–H groups in total. The van der Waals surface area contributed by atoms with Crippen molar-refractivity contribution in [2.45, 2.75) is 25.4 Å². The maximum atomic E-state index is 13.4. The summed E-state index contributed by atoms with van der Waals surface area (Å²) in [6.45, 7) is 2.38. The van der Waals surface area contributed by atoms with Gasteiger partial charge >= 0.3 is 5.97 Å². The van der Waals surface area contributed by atoms with E-state index in [1.54, 1.807) is 18.2 Å². The molecule has 1 aliphatic heterocycles. The standard InChI is InChI=1S/C23H21BrN2O6/c1-13(14-6-4-3-5-7-14)25-22(30)23(2)12-31-19-16-9-8-15(24)10-17(16)32-20(19)21(29)26(23)11-18(27)28/h3-10,13H,11-12H2,1-2H3,(H,25,30)(H,27,28)/t13-,23?/m0/s1. The number of rotatable bonds is 5. The predicted octanol–water partition coefficient (Wildman–Crippen LogP) is 3.75. The zero-order chi connectivity index (χ0) is 23.0. The monoisotopic (exact) mass is 500 g/mol. The Morgan fingerprint density at radius 2 is 1.97 bits per heavy atom. The molecule has 166 valence electrons. The van der Waals surface area contributed by atoms with E-state index < -0.39 is 29.9 Å². The summed E-state index contributed by atoms with van der Waals surface area (Å²) < 4.78 is 12.4. The van der Waals surface area contributed by atoms with E-state index in [1.165, 1.54) is 6.92 Å². The third-order valence-electron chi connectivity index (χ3n) is 5.57. The van der Waals surface area contributed by atoms with Crippen LogP contribution in [0, 0.1) is 0 Å². The number of carboxylic acid groups (broad SMARTS) is 1. The highest BCUT2D eigenvalue weighted by Crippen LogP contribution is 2.39. The molecule has 9 heteroatoms. The molecule has 0 saturated heterocycles. The van der Waals surface area contributed by atoms with Crippen molar-refractivity contribution in [3.63, 3.8) is 0 Å². The Balaban J connectivity index is 1.71. The fourth-order valence-electron chi connectivity index (χ4n) is 3.72. The molecular formula is C23H21BrN2O6. The van der Waals surface area contributed by atoms with E-state index in [9.17, 15) is 19.5 Å². The van der Waals surface area contributed by atoms with Crippen molar-refractivity contribution in [1.82, 2.24) is 10.2 Å². The van der Waals surface area contributed by atoms with Gasteiger partial charge in [0.15, 0.2) is 11.3 Å². The molecule has 0 bridgehead atoms. The van der Waals surface area contributed by atoms with Crippen molar-refractivity contribution in [2.75, 3.05) is 13.2 Å². The van der Waals surface area contributed by atoms with Gasteiger partial charge in [0.2, 0.25) is 11.7 Å². The molecule has 1 unspecified atom stereocenters. The molecule has 0 aliphatic carbocycles. The number of nitrogens with zero attached hydrogens (tertiary/aromatic N) is 1. The number of halogens is 1. The fourth-order valence-corrected chi connectivity index (χ4v) is 4.06. The molecule has 1 aromatic heterocycles. The Hall–Kier alpha value is -3.33. The van der Waals surface area contributed by atoms with E-state index in [0.717, 1.165) is 14.9 Å². The lowest BCUT2D eigenvalue weighted by molar-refractivity contribution is -0.142. The molecule has 2 amide bonds. The van der Waals surface area contributed by atoms with Crippen LogP contribution in [0.5, 0.6) is 5.75 Å². The Labute approximate surface area is 192 Å². The van der Waals surface area contributed by atoms with Gasteiger partial charge in [-0.1, -0.05) is 46.3 Å². The highest BCUT2D eigenvalue weighted by molar-refractivity contribution is 9.10. The Morgan fingerprint density at radius 3 is 2.66 bits per heavy atom. The molecule has 0 spiro atoms. The van der Waals surface area contributed by atoms with Gasteiger partial charge in [0.05, 0.1) is 11.4 Å². The predicted molar refractivity (Wildman–Crippen MR) is 119 cm³/mol. The molecule has 2 heterocycles. The van der Waals surface area contributed by atoms with Gasteiger partial charge in [-0.15, -0.1) is 0 Å². The van der Waals surface area contributed by atoms with Gasteiger partial charge in [-0.3, -0.25) is 14.4 Å². The average Bonchev–Trinajstić information content (AvgIpc) is 3.08. The van der Waals surface area contributed by atoms with Crippen molar-refractivity contribution in [2.24, 2.45) is 0 Å². The smallest absolute Gasteiger partial charge is 0.323 e. The number of ether oxygens (including phenoxy) is 1. The number of hydrogen-bond donors (Lipinski definition) is 2. The van der Waals surface area contributed by atoms with Crippen LogP contribution in [0.3, 0.4) is 0 Å². The first-order valence-corrected chi connectivity index (χ1v) is 10.7. The molecule has 0 fully saturated rings. The van der Waals surface area contributed by atoms with Gasteiger partial charge in [-0.25, -0.2) is 0 Å². The molecule has 32 heavy (non-hydrogen) atoms. The average molecular weight is 501 g/mol. The molecule has 3 aromatic rings. The number of hydrogen-bond acceptors (Lipinski definition) is 5. The fraction of sp³-hybridized carbons (Fsp3) is 0.261. The highest BCUT2D eigenvalue weighted by atomic mass is 79.9. The van der Waals surface area contributed by atoms with Gasteiger partial charge in [-0.2, -0.15) is 0 Å². The topological polar surface area (TPSA) is 109 Å². The number of nitrogens with one attached hydrogen (secondary N) is 1. The van der Waals surface area contributed by atoms with Crippen molar-refractivity contribution >= 4 is 44.7 Å². The molecule has 8 nitrogen and oxygen atoms in total. The van der Waals surface area contributed by atoms with Crippen LogP contribution in [0.4, 0.5) is 0 Å². The van der Waals surface area contributed by atoms with Crippen LogP contribution in [-0.2, 0) is 9.59 Å². The zero-order valence-electron chi connectivity index (χ0n) is 17.4. The van der Waals surface area contributed by atoms with E-state index in [-0.39, 0.29) is 24.2 Å². The van der Waals surface area contributed by atoms with E-state index in [4.69, 9.17) is 9.15 Å². The molecular weight excluding hydrogens is 480 g/mol. The first-order valence-electron chi connectivity index (χ1n) is 9.95. The summed E-state index contributed by atoms with van der Waals surface area (Å²) >= 11 is 3.35. The summed E-state index contributed by atoms with van der Waals surface area (Å²) in [5.74, 6) is -2.44. The number of aliphatic carboxylic acids is 1. The third-order valence-corrected chi connectivity index (χ3v) is 6.06. The lowest BCUT2D eigenvalue weighted by atomic mass is 9.97. The van der Waals surface area contributed by atoms with Crippen LogP contribution < -0.4 is 10.1 Å². The minimum Gasteiger partial charge on any atom is -0.486 e. The number of amides is 2. The summed E-state index contributed by atoms with van der Waals surface area (Å²) in [5.41, 5.74) is -0.292. The minimum absolute atomic E-state index is 0.132. The van der Waals surface area contributed by atoms with Crippen molar-refractivity contribution in [3.8, 4) is 5.75 Å². The molecule has 2 atom stereocenters. The van der Waals surface area contributed by atoms with Crippen LogP contribution in [0.25, 0.3) is 11.0 Å². The summed E-state index contributed by atoms with van der Waals surface area (Å²) in [6, 6.07) is 14.2. The van der Waals surface area contributed by atoms with E-state index in [0.29, 0.717) is 11.0 Å². The number of fused-ring (bicyclic) bond motifs is 3. The number of furan rings is 1. The summed E-state index contributed by atoms with van der Waals surface area (Å²) in [7, 11) is 0. The third kappa shape index (κ3) is 3.84. The summed E-state index contributed by atoms with van der Waals surface area (Å²) in [5, 5.41) is 12.9. The molecule has 0 radical (unpaired) electrons. The van der Waals surface area contributed by atoms with Crippen LogP contribution in [-0.4, -0.2) is 46.5 Å². The lowest BCUT2D eigenvalue weighted by Crippen LogP contribution is -2.62. The lowest BCUT2D eigenvalue weighted by Gasteiger charge is -2.37. The maximum Gasteiger partial charge on any atom is 0.323 e. The number of carbonyl (C=O) groups is 3. The largest absolute Gasteiger partial charge is 0.486 e. The summed E-state index contributed by atoms with van der Waals surface area (Å²) in [4.78, 5) is 39.4. The first-order chi connectivity index (χ1) is 15.2. The van der Waals surface area contributed by atoms with Crippen molar-refractivity contribution in [1.29, 1.82) is 0 Å². The van der Waals surface area contributed by atoms with Crippen LogP contribution in [0.1, 0.15) is 36.0 Å². The Kier molecular flexibility index (Phi) is 5.68. The van der Waals surface area contributed by atoms with Gasteiger partial charge in [0.1, 0.15) is 18.7 Å². The maximum absolute atomic E-state index is 13.4. The molecule has 4 rings (SSSR count). The number of carboxylic acids is 1. The highest BCUT2D eigenvalue weighted by Gasteiger charge is 2.49. The van der Waals surface area contributed by atoms with E-state index in [1.807, 2.05) is 37.3 Å². The molecule has 1 aliphatic rings. The Bertz CT molecular complexity index is 1210. The van der Waals surface area contributed by atoms with Crippen molar-refractivity contribution < 1.29 is 28.6 Å². The second kappa shape index (κ2) is 8.31. The van der Waals surface area contributed by atoms with Crippen LogP contribution >= 0.6 is 15.9 Å². The van der Waals surface area contributed by atoms with Gasteiger partial charge < -0.3 is 24.5 Å². The second-order valence-corrected chi connectivity index (χ2v) is 8.77. The normalized spacial score (nSPS) is 19.1. The number of benzene rings is 2.